The Balaban J connectivity index is 2.72. The van der Waals surface area contributed by atoms with E-state index < -0.39 is 34.7 Å². The first-order chi connectivity index (χ1) is 11.1. The molecule has 2 atom stereocenters. The second kappa shape index (κ2) is 8.73. The van der Waals surface area contributed by atoms with Crippen molar-refractivity contribution in [2.45, 2.75) is 30.4 Å². The summed E-state index contributed by atoms with van der Waals surface area (Å²) in [6.07, 6.45) is -2.26. The topological polar surface area (TPSA) is 153 Å². The highest BCUT2D eigenvalue weighted by Crippen LogP contribution is 2.20. The summed E-state index contributed by atoms with van der Waals surface area (Å²) in [5, 5.41) is 30.9. The highest BCUT2D eigenvalue weighted by atomic mass is 32.2. The molecule has 0 saturated heterocycles. The van der Waals surface area contributed by atoms with Gasteiger partial charge >= 0.3 is 5.97 Å². The minimum absolute atomic E-state index is 0.126. The number of aliphatic hydroxyl groups is 2. The number of benzene rings is 1. The molecular weight excluding hydrogens is 340 g/mol. The molecule has 0 aromatic heterocycles. The molecule has 0 aliphatic carbocycles. The zero-order valence-corrected chi connectivity index (χ0v) is 13.8. The maximum Gasteiger partial charge on any atom is 0.318 e. The summed E-state index contributed by atoms with van der Waals surface area (Å²) in [5.41, 5.74) is 0.294. The number of carbonyl (C=O) groups is 2. The molecule has 0 fully saturated rings. The molecule has 0 radical (unpaired) electrons. The lowest BCUT2D eigenvalue weighted by molar-refractivity contribution is -0.135. The van der Waals surface area contributed by atoms with Crippen molar-refractivity contribution in [3.63, 3.8) is 0 Å². The first-order valence-corrected chi connectivity index (χ1v) is 8.54. The van der Waals surface area contributed by atoms with Gasteiger partial charge in [0.05, 0.1) is 11.0 Å². The number of carboxylic acid groups (broad SMARTS) is 1. The Morgan fingerprint density at radius 2 is 1.75 bits per heavy atom. The van der Waals surface area contributed by atoms with Gasteiger partial charge in [0.25, 0.3) is 0 Å². The van der Waals surface area contributed by atoms with Gasteiger partial charge in [-0.1, -0.05) is 12.1 Å². The Kier molecular flexibility index (Phi) is 7.29. The Morgan fingerprint density at radius 3 is 2.25 bits per heavy atom. The molecule has 2 unspecified atom stereocenters. The summed E-state index contributed by atoms with van der Waals surface area (Å²) < 4.78 is 25.6. The molecule has 5 N–H and O–H groups in total. The van der Waals surface area contributed by atoms with Gasteiger partial charge in [-0.05, 0) is 24.1 Å². The van der Waals surface area contributed by atoms with Crippen molar-refractivity contribution in [2.75, 3.05) is 13.1 Å². The van der Waals surface area contributed by atoms with E-state index in [-0.39, 0.29) is 23.8 Å². The largest absolute Gasteiger partial charge is 0.480 e. The summed E-state index contributed by atoms with van der Waals surface area (Å²) in [4.78, 5) is 21.0. The van der Waals surface area contributed by atoms with Crippen molar-refractivity contribution >= 4 is 21.9 Å². The number of aliphatic hydroxyl groups excluding tert-OH is 2. The van der Waals surface area contributed by atoms with Crippen LogP contribution in [0.1, 0.15) is 25.0 Å². The molecular formula is C14H20N2O7S. The molecule has 0 heterocycles. The lowest BCUT2D eigenvalue weighted by atomic mass is 10.0. The molecule has 1 aromatic carbocycles. The van der Waals surface area contributed by atoms with Crippen LogP contribution in [-0.2, 0) is 19.6 Å². The fourth-order valence-corrected chi connectivity index (χ4v) is 2.83. The van der Waals surface area contributed by atoms with Crippen LogP contribution in [0.5, 0.6) is 0 Å². The van der Waals surface area contributed by atoms with Crippen LogP contribution in [-0.4, -0.2) is 54.8 Å². The lowest BCUT2D eigenvalue weighted by Gasteiger charge is -2.18. The van der Waals surface area contributed by atoms with Crippen LogP contribution in [0.4, 0.5) is 0 Å². The zero-order chi connectivity index (χ0) is 18.3. The highest BCUT2D eigenvalue weighted by molar-refractivity contribution is 7.89. The van der Waals surface area contributed by atoms with Gasteiger partial charge < -0.3 is 20.6 Å². The van der Waals surface area contributed by atoms with Crippen LogP contribution in [0.3, 0.4) is 0 Å². The lowest BCUT2D eigenvalue weighted by Crippen LogP contribution is -2.29. The Hall–Kier alpha value is -2.01. The minimum atomic E-state index is -3.96. The zero-order valence-electron chi connectivity index (χ0n) is 13.0. The molecule has 1 rings (SSSR count). The summed E-state index contributed by atoms with van der Waals surface area (Å²) in [6, 6.07) is 5.04. The van der Waals surface area contributed by atoms with E-state index in [1.165, 1.54) is 31.2 Å². The number of rotatable bonds is 9. The number of carboxylic acids is 1. The number of amides is 1. The van der Waals surface area contributed by atoms with Crippen molar-refractivity contribution in [3.05, 3.63) is 29.8 Å². The van der Waals surface area contributed by atoms with Gasteiger partial charge in [0.2, 0.25) is 15.9 Å². The molecule has 0 aliphatic heterocycles. The van der Waals surface area contributed by atoms with E-state index in [2.05, 4.69) is 5.32 Å². The van der Waals surface area contributed by atoms with Gasteiger partial charge in [0, 0.05) is 13.5 Å². The Morgan fingerprint density at radius 1 is 1.17 bits per heavy atom. The van der Waals surface area contributed by atoms with E-state index in [1.54, 1.807) is 0 Å². The third kappa shape index (κ3) is 6.24. The van der Waals surface area contributed by atoms with Crippen LogP contribution in [0.25, 0.3) is 0 Å². The van der Waals surface area contributed by atoms with Gasteiger partial charge in [-0.25, -0.2) is 8.42 Å². The van der Waals surface area contributed by atoms with Crippen molar-refractivity contribution in [1.82, 2.24) is 10.0 Å². The van der Waals surface area contributed by atoms with Crippen molar-refractivity contribution in [2.24, 2.45) is 0 Å². The first-order valence-electron chi connectivity index (χ1n) is 7.05. The maximum atomic E-state index is 11.8. The second-order valence-electron chi connectivity index (χ2n) is 5.07. The number of sulfonamides is 1. The number of carbonyl (C=O) groups excluding carboxylic acids is 1. The molecule has 0 spiro atoms. The normalized spacial score (nSPS) is 14.0. The molecule has 9 nitrogen and oxygen atoms in total. The third-order valence-electron chi connectivity index (χ3n) is 3.12. The molecule has 1 amide bonds. The number of nitrogens with one attached hydrogen (secondary N) is 2. The van der Waals surface area contributed by atoms with E-state index in [9.17, 15) is 28.2 Å². The quantitative estimate of drug-likeness (QED) is 0.377. The van der Waals surface area contributed by atoms with Crippen LogP contribution in [0.2, 0.25) is 0 Å². The van der Waals surface area contributed by atoms with Crippen molar-refractivity contribution < 1.29 is 33.3 Å². The summed E-state index contributed by atoms with van der Waals surface area (Å²) in [6.45, 7) is 0.786. The number of aliphatic carboxylic acids is 1. The fourth-order valence-electron chi connectivity index (χ4n) is 1.86. The van der Waals surface area contributed by atoms with Crippen molar-refractivity contribution in [1.29, 1.82) is 0 Å². The smallest absolute Gasteiger partial charge is 0.318 e. The molecule has 0 aliphatic rings. The molecule has 24 heavy (non-hydrogen) atoms. The number of hydrogen-bond donors (Lipinski definition) is 5. The predicted octanol–water partition coefficient (Wildman–Crippen LogP) is -1.03. The van der Waals surface area contributed by atoms with Crippen LogP contribution < -0.4 is 10.0 Å². The van der Waals surface area contributed by atoms with Crippen LogP contribution in [0, 0.1) is 0 Å². The standard InChI is InChI=1S/C14H20N2O7S/c1-9(17)15-7-6-12(18)14(21)10-2-4-11(5-3-10)24(22,23)16-8-13(19)20/h2-5,12,14,16,18,21H,6-8H2,1H3,(H,15,17)(H,19,20). The summed E-state index contributed by atoms with van der Waals surface area (Å²) >= 11 is 0. The number of hydrogen-bond acceptors (Lipinski definition) is 6. The van der Waals surface area contributed by atoms with E-state index in [1.807, 2.05) is 4.72 Å². The maximum absolute atomic E-state index is 11.8. The first kappa shape index (κ1) is 20.0. The van der Waals surface area contributed by atoms with Gasteiger partial charge in [-0.3, -0.25) is 9.59 Å². The van der Waals surface area contributed by atoms with Gasteiger partial charge in [0.1, 0.15) is 12.6 Å². The second-order valence-corrected chi connectivity index (χ2v) is 6.84. The Labute approximate surface area is 139 Å². The van der Waals surface area contributed by atoms with Crippen molar-refractivity contribution in [3.8, 4) is 0 Å². The van der Waals surface area contributed by atoms with Gasteiger partial charge in [0.15, 0.2) is 0 Å². The minimum Gasteiger partial charge on any atom is -0.480 e. The molecule has 0 saturated carbocycles. The summed E-state index contributed by atoms with van der Waals surface area (Å²) in [7, 11) is -3.96. The molecule has 1 aromatic rings. The van der Waals surface area contributed by atoms with Crippen LogP contribution in [0.15, 0.2) is 29.2 Å². The highest BCUT2D eigenvalue weighted by Gasteiger charge is 2.20. The monoisotopic (exact) mass is 360 g/mol. The molecule has 10 heteroatoms. The van der Waals surface area contributed by atoms with Gasteiger partial charge in [-0.2, -0.15) is 4.72 Å². The third-order valence-corrected chi connectivity index (χ3v) is 4.54. The summed E-state index contributed by atoms with van der Waals surface area (Å²) in [5.74, 6) is -1.56. The average molecular weight is 360 g/mol. The van der Waals surface area contributed by atoms with Crippen LogP contribution >= 0.6 is 0 Å². The van der Waals surface area contributed by atoms with E-state index >= 15 is 0 Å². The molecule has 0 bridgehead atoms. The predicted molar refractivity (Wildman–Crippen MR) is 83.5 cm³/mol. The van der Waals surface area contributed by atoms with E-state index in [0.29, 0.717) is 5.56 Å². The van der Waals surface area contributed by atoms with Gasteiger partial charge in [-0.15, -0.1) is 0 Å². The molecule has 134 valence electrons. The fraction of sp³-hybridized carbons (Fsp3) is 0.429. The van der Waals surface area contributed by atoms with E-state index in [4.69, 9.17) is 5.11 Å². The Bertz CT molecular complexity index is 673. The average Bonchev–Trinajstić information content (AvgIpc) is 2.52. The SMILES string of the molecule is CC(=O)NCCC(O)C(O)c1ccc(S(=O)(=O)NCC(=O)O)cc1. The van der Waals surface area contributed by atoms with E-state index in [0.717, 1.165) is 0 Å².